The van der Waals surface area contributed by atoms with Gasteiger partial charge in [-0.3, -0.25) is 9.32 Å². The average Bonchev–Trinajstić information content (AvgIpc) is 2.26. The molecule has 0 aromatic heterocycles. The van der Waals surface area contributed by atoms with Crippen molar-refractivity contribution in [1.82, 2.24) is 5.32 Å². The standard InChI is InChI=1S/C8H16NO9P/c1-3(11)9-5-7(13)6(12)4(2-10)17-8(5)18-19(14,15)16/h4-8,10,12-13H,2H2,1H3,(H,9,11)(H2,14,15,16)/t4-,5-,6+,7-,8+/m1/s1. The zero-order valence-electron chi connectivity index (χ0n) is 9.91. The Labute approximate surface area is 108 Å². The van der Waals surface area contributed by atoms with Crippen LogP contribution in [0.1, 0.15) is 6.92 Å². The third-order valence-electron chi connectivity index (χ3n) is 2.49. The molecular formula is C8H16NO9P. The molecule has 0 unspecified atom stereocenters. The van der Waals surface area contributed by atoms with Gasteiger partial charge in [0.25, 0.3) is 0 Å². The number of ether oxygens (including phenoxy) is 1. The Bertz CT molecular complexity index is 371. The number of nitrogens with one attached hydrogen (secondary N) is 1. The molecule has 6 N–H and O–H groups in total. The zero-order chi connectivity index (χ0) is 14.8. The van der Waals surface area contributed by atoms with E-state index in [4.69, 9.17) is 19.6 Å². The van der Waals surface area contributed by atoms with E-state index in [-0.39, 0.29) is 0 Å². The number of carbonyl (C=O) groups is 1. The molecule has 1 heterocycles. The second-order valence-electron chi connectivity index (χ2n) is 4.03. The maximum atomic E-state index is 11.0. The monoisotopic (exact) mass is 301 g/mol. The van der Waals surface area contributed by atoms with E-state index in [9.17, 15) is 19.6 Å². The Morgan fingerprint density at radius 3 is 2.37 bits per heavy atom. The van der Waals surface area contributed by atoms with Gasteiger partial charge in [-0.1, -0.05) is 0 Å². The number of phosphoric ester groups is 1. The van der Waals surface area contributed by atoms with E-state index < -0.39 is 51.0 Å². The molecule has 0 aromatic carbocycles. The van der Waals surface area contributed by atoms with Crippen molar-refractivity contribution in [2.45, 2.75) is 37.6 Å². The lowest BCUT2D eigenvalue weighted by Crippen LogP contribution is -2.64. The number of amides is 1. The minimum Gasteiger partial charge on any atom is -0.394 e. The van der Waals surface area contributed by atoms with Gasteiger partial charge in [0, 0.05) is 6.92 Å². The van der Waals surface area contributed by atoms with Gasteiger partial charge in [-0.25, -0.2) is 4.57 Å². The van der Waals surface area contributed by atoms with E-state index in [1.807, 2.05) is 0 Å². The van der Waals surface area contributed by atoms with Gasteiger partial charge in [0.05, 0.1) is 6.61 Å². The summed E-state index contributed by atoms with van der Waals surface area (Å²) in [6.45, 7) is 0.401. The lowest BCUT2D eigenvalue weighted by molar-refractivity contribution is -0.248. The summed E-state index contributed by atoms with van der Waals surface area (Å²) in [7, 11) is -4.95. The van der Waals surface area contributed by atoms with Crippen molar-refractivity contribution in [1.29, 1.82) is 0 Å². The molecule has 10 nitrogen and oxygen atoms in total. The molecule has 11 heteroatoms. The van der Waals surface area contributed by atoms with E-state index in [1.165, 1.54) is 0 Å². The van der Waals surface area contributed by atoms with E-state index in [1.54, 1.807) is 0 Å². The van der Waals surface area contributed by atoms with Crippen molar-refractivity contribution in [2.75, 3.05) is 6.61 Å². The Hall–Kier alpha value is -0.580. The number of rotatable bonds is 4. The van der Waals surface area contributed by atoms with Crippen LogP contribution in [0.5, 0.6) is 0 Å². The van der Waals surface area contributed by atoms with E-state index in [2.05, 4.69) is 9.84 Å². The summed E-state index contributed by atoms with van der Waals surface area (Å²) >= 11 is 0. The number of aliphatic hydroxyl groups excluding tert-OH is 3. The normalized spacial score (nSPS) is 36.0. The van der Waals surface area contributed by atoms with Crippen molar-refractivity contribution in [3.8, 4) is 0 Å². The summed E-state index contributed by atoms with van der Waals surface area (Å²) in [5, 5.41) is 30.5. The van der Waals surface area contributed by atoms with Gasteiger partial charge < -0.3 is 35.2 Å². The maximum Gasteiger partial charge on any atom is 0.472 e. The van der Waals surface area contributed by atoms with Crippen LogP contribution in [0.4, 0.5) is 0 Å². The highest BCUT2D eigenvalue weighted by Crippen LogP contribution is 2.40. The molecule has 112 valence electrons. The average molecular weight is 301 g/mol. The minimum atomic E-state index is -4.95. The van der Waals surface area contributed by atoms with Gasteiger partial charge in [-0.05, 0) is 0 Å². The SMILES string of the molecule is CC(=O)N[C@H]1[C@H](OP(=O)(O)O)O[C@H](CO)[C@H](O)[C@@H]1O. The molecule has 0 bridgehead atoms. The summed E-state index contributed by atoms with van der Waals surface area (Å²) < 4.78 is 20.0. The van der Waals surface area contributed by atoms with Crippen LogP contribution < -0.4 is 5.32 Å². The number of phosphoric acid groups is 1. The molecule has 1 aliphatic rings. The van der Waals surface area contributed by atoms with Crippen molar-refractivity contribution >= 4 is 13.7 Å². The number of hydrogen-bond donors (Lipinski definition) is 6. The van der Waals surface area contributed by atoms with Gasteiger partial charge in [-0.2, -0.15) is 0 Å². The highest BCUT2D eigenvalue weighted by Gasteiger charge is 2.47. The third kappa shape index (κ3) is 4.48. The Kier molecular flexibility index (Phi) is 5.42. The Morgan fingerprint density at radius 1 is 1.37 bits per heavy atom. The molecule has 5 atom stereocenters. The lowest BCUT2D eigenvalue weighted by atomic mass is 9.97. The smallest absolute Gasteiger partial charge is 0.394 e. The molecule has 1 fully saturated rings. The quantitative estimate of drug-likeness (QED) is 0.297. The zero-order valence-corrected chi connectivity index (χ0v) is 10.8. The van der Waals surface area contributed by atoms with Gasteiger partial charge in [-0.15, -0.1) is 0 Å². The van der Waals surface area contributed by atoms with Crippen molar-refractivity contribution in [3.05, 3.63) is 0 Å². The predicted molar refractivity (Wildman–Crippen MR) is 58.5 cm³/mol. The van der Waals surface area contributed by atoms with E-state index in [0.29, 0.717) is 0 Å². The minimum absolute atomic E-state index is 0.624. The second-order valence-corrected chi connectivity index (χ2v) is 5.22. The summed E-state index contributed by atoms with van der Waals surface area (Å²) in [6.07, 6.45) is -6.17. The predicted octanol–water partition coefficient (Wildman–Crippen LogP) is -2.96. The van der Waals surface area contributed by atoms with Gasteiger partial charge in [0.2, 0.25) is 5.91 Å². The van der Waals surface area contributed by atoms with Crippen LogP contribution >= 0.6 is 7.82 Å². The summed E-state index contributed by atoms with van der Waals surface area (Å²) in [4.78, 5) is 28.4. The fourth-order valence-electron chi connectivity index (χ4n) is 1.70. The molecule has 0 saturated carbocycles. The fraction of sp³-hybridized carbons (Fsp3) is 0.875. The first-order valence-corrected chi connectivity index (χ1v) is 6.82. The molecule has 0 aliphatic carbocycles. The van der Waals surface area contributed by atoms with Crippen molar-refractivity contribution < 1.29 is 43.7 Å². The largest absolute Gasteiger partial charge is 0.472 e. The maximum absolute atomic E-state index is 11.0. The Balaban J connectivity index is 2.92. The number of hydrogen-bond acceptors (Lipinski definition) is 7. The van der Waals surface area contributed by atoms with Crippen LogP contribution in [0.25, 0.3) is 0 Å². The number of aliphatic hydroxyl groups is 3. The van der Waals surface area contributed by atoms with Crippen LogP contribution in [0.2, 0.25) is 0 Å². The topological polar surface area (TPSA) is 166 Å². The molecule has 1 rings (SSSR count). The summed E-state index contributed by atoms with van der Waals surface area (Å²) in [5.74, 6) is -0.624. The summed E-state index contributed by atoms with van der Waals surface area (Å²) in [6, 6.07) is -1.39. The first-order chi connectivity index (χ1) is 8.65. The van der Waals surface area contributed by atoms with Gasteiger partial charge in [0.15, 0.2) is 6.29 Å². The molecule has 0 radical (unpaired) electrons. The lowest BCUT2D eigenvalue weighted by Gasteiger charge is -2.41. The third-order valence-corrected chi connectivity index (χ3v) is 2.97. The van der Waals surface area contributed by atoms with Gasteiger partial charge >= 0.3 is 7.82 Å². The van der Waals surface area contributed by atoms with Crippen LogP contribution in [0.15, 0.2) is 0 Å². The highest BCUT2D eigenvalue weighted by molar-refractivity contribution is 7.46. The van der Waals surface area contributed by atoms with Gasteiger partial charge in [0.1, 0.15) is 24.4 Å². The molecule has 1 amide bonds. The molecule has 19 heavy (non-hydrogen) atoms. The van der Waals surface area contributed by atoms with Crippen LogP contribution in [0, 0.1) is 0 Å². The molecule has 0 aromatic rings. The first-order valence-electron chi connectivity index (χ1n) is 5.29. The fourth-order valence-corrected chi connectivity index (χ4v) is 2.15. The first kappa shape index (κ1) is 16.5. The molecule has 0 spiro atoms. The summed E-state index contributed by atoms with van der Waals surface area (Å²) in [5.41, 5.74) is 0. The van der Waals surface area contributed by atoms with Crippen LogP contribution in [-0.2, 0) is 18.6 Å². The number of carbonyl (C=O) groups excluding carboxylic acids is 1. The molecular weight excluding hydrogens is 285 g/mol. The Morgan fingerprint density at radius 2 is 1.95 bits per heavy atom. The van der Waals surface area contributed by atoms with Crippen molar-refractivity contribution in [2.24, 2.45) is 0 Å². The van der Waals surface area contributed by atoms with Crippen LogP contribution in [0.3, 0.4) is 0 Å². The molecule has 1 aliphatic heterocycles. The highest BCUT2D eigenvalue weighted by atomic mass is 31.2. The molecule has 1 saturated heterocycles. The van der Waals surface area contributed by atoms with Crippen molar-refractivity contribution in [3.63, 3.8) is 0 Å². The van der Waals surface area contributed by atoms with E-state index in [0.717, 1.165) is 6.92 Å². The second kappa shape index (κ2) is 6.25. The van der Waals surface area contributed by atoms with E-state index >= 15 is 0 Å². The van der Waals surface area contributed by atoms with Crippen LogP contribution in [-0.4, -0.2) is 68.3 Å².